The van der Waals surface area contributed by atoms with Crippen LogP contribution in [0.25, 0.3) is 10.2 Å². The highest BCUT2D eigenvalue weighted by atomic mass is 32.1. The Kier molecular flexibility index (Phi) is 4.23. The second kappa shape index (κ2) is 6.17. The molecule has 1 N–H and O–H groups in total. The van der Waals surface area contributed by atoms with Crippen molar-refractivity contribution in [1.82, 2.24) is 14.9 Å². The first-order chi connectivity index (χ1) is 11.0. The summed E-state index contributed by atoms with van der Waals surface area (Å²) in [6.45, 7) is 2.27. The van der Waals surface area contributed by atoms with Gasteiger partial charge in [-0.05, 0) is 43.1 Å². The average Bonchev–Trinajstić information content (AvgIpc) is 2.98. The van der Waals surface area contributed by atoms with Crippen molar-refractivity contribution in [1.29, 1.82) is 0 Å². The summed E-state index contributed by atoms with van der Waals surface area (Å²) in [5, 5.41) is 1.82. The molecule has 0 aliphatic rings. The van der Waals surface area contributed by atoms with Crippen LogP contribution >= 0.6 is 11.3 Å². The van der Waals surface area contributed by atoms with Gasteiger partial charge < -0.3 is 4.98 Å². The van der Waals surface area contributed by atoms with Crippen molar-refractivity contribution in [3.8, 4) is 0 Å². The topological polar surface area (TPSA) is 49.0 Å². The summed E-state index contributed by atoms with van der Waals surface area (Å²) in [4.78, 5) is 21.1. The third-order valence-electron chi connectivity index (χ3n) is 3.85. The van der Waals surface area contributed by atoms with Crippen LogP contribution in [0.4, 0.5) is 8.78 Å². The highest BCUT2D eigenvalue weighted by Gasteiger charge is 2.16. The molecule has 0 spiro atoms. The highest BCUT2D eigenvalue weighted by Crippen LogP contribution is 2.22. The van der Waals surface area contributed by atoms with Crippen LogP contribution in [0.15, 0.2) is 34.4 Å². The van der Waals surface area contributed by atoms with E-state index in [1.807, 2.05) is 24.3 Å². The monoisotopic (exact) mass is 335 g/mol. The molecule has 120 valence electrons. The van der Waals surface area contributed by atoms with Crippen molar-refractivity contribution in [2.24, 2.45) is 0 Å². The first-order valence-electron chi connectivity index (χ1n) is 7.07. The summed E-state index contributed by atoms with van der Waals surface area (Å²) in [7, 11) is 1.84. The smallest absolute Gasteiger partial charge is 0.268 e. The van der Waals surface area contributed by atoms with E-state index < -0.39 is 11.6 Å². The van der Waals surface area contributed by atoms with Crippen molar-refractivity contribution >= 4 is 21.6 Å². The van der Waals surface area contributed by atoms with Gasteiger partial charge in [0.2, 0.25) is 0 Å². The number of hydrogen-bond donors (Lipinski definition) is 1. The Hall–Kier alpha value is -2.12. The molecule has 0 radical (unpaired) electrons. The molecule has 2 heterocycles. The van der Waals surface area contributed by atoms with E-state index in [2.05, 4.69) is 9.97 Å². The number of H-pyrrole nitrogens is 1. The minimum atomic E-state index is -0.867. The Labute approximate surface area is 135 Å². The molecule has 3 aromatic rings. The van der Waals surface area contributed by atoms with Crippen molar-refractivity contribution in [2.45, 2.75) is 19.5 Å². The summed E-state index contributed by atoms with van der Waals surface area (Å²) in [6.07, 6.45) is 0. The molecular weight excluding hydrogens is 320 g/mol. The predicted molar refractivity (Wildman–Crippen MR) is 86.5 cm³/mol. The van der Waals surface area contributed by atoms with Gasteiger partial charge in [-0.1, -0.05) is 6.07 Å². The van der Waals surface area contributed by atoms with Crippen LogP contribution in [0, 0.1) is 11.6 Å². The SMILES string of the molecule is C[C@H](c1ccc(F)c(F)c1)N(C)Cc1nc2ccsc2c(=O)[nH]1. The fourth-order valence-electron chi connectivity index (χ4n) is 2.40. The fourth-order valence-corrected chi connectivity index (χ4v) is 3.12. The minimum absolute atomic E-state index is 0.158. The van der Waals surface area contributed by atoms with Crippen molar-refractivity contribution < 1.29 is 8.78 Å². The molecule has 3 rings (SSSR count). The van der Waals surface area contributed by atoms with Crippen LogP contribution in [0.1, 0.15) is 24.4 Å². The van der Waals surface area contributed by atoms with Gasteiger partial charge in [0.15, 0.2) is 11.6 Å². The average molecular weight is 335 g/mol. The van der Waals surface area contributed by atoms with E-state index in [0.717, 1.165) is 6.07 Å². The number of nitrogens with zero attached hydrogens (tertiary/aromatic N) is 2. The van der Waals surface area contributed by atoms with E-state index in [1.54, 1.807) is 12.1 Å². The van der Waals surface area contributed by atoms with Gasteiger partial charge in [-0.15, -0.1) is 11.3 Å². The molecule has 0 amide bonds. The van der Waals surface area contributed by atoms with Gasteiger partial charge in [0.05, 0.1) is 12.1 Å². The van der Waals surface area contributed by atoms with E-state index in [4.69, 9.17) is 0 Å². The molecule has 0 unspecified atom stereocenters. The number of aromatic nitrogens is 2. The first kappa shape index (κ1) is 15.8. The lowest BCUT2D eigenvalue weighted by Crippen LogP contribution is -2.25. The Morgan fingerprint density at radius 1 is 1.30 bits per heavy atom. The minimum Gasteiger partial charge on any atom is -0.308 e. The second-order valence-corrected chi connectivity index (χ2v) is 6.33. The number of rotatable bonds is 4. The lowest BCUT2D eigenvalue weighted by molar-refractivity contribution is 0.246. The van der Waals surface area contributed by atoms with Gasteiger partial charge in [-0.2, -0.15) is 0 Å². The number of aromatic amines is 1. The molecule has 23 heavy (non-hydrogen) atoms. The zero-order valence-corrected chi connectivity index (χ0v) is 13.5. The van der Waals surface area contributed by atoms with Crippen LogP contribution in [0.5, 0.6) is 0 Å². The van der Waals surface area contributed by atoms with E-state index in [9.17, 15) is 13.6 Å². The van der Waals surface area contributed by atoms with Crippen LogP contribution in [0.2, 0.25) is 0 Å². The molecule has 4 nitrogen and oxygen atoms in total. The Morgan fingerprint density at radius 3 is 2.83 bits per heavy atom. The highest BCUT2D eigenvalue weighted by molar-refractivity contribution is 7.17. The Morgan fingerprint density at radius 2 is 2.09 bits per heavy atom. The van der Waals surface area contributed by atoms with Crippen LogP contribution < -0.4 is 5.56 Å². The predicted octanol–water partition coefficient (Wildman–Crippen LogP) is 3.46. The number of hydrogen-bond acceptors (Lipinski definition) is 4. The summed E-state index contributed by atoms with van der Waals surface area (Å²) in [5.41, 5.74) is 1.17. The third kappa shape index (κ3) is 3.16. The molecule has 1 aromatic carbocycles. The van der Waals surface area contributed by atoms with Crippen LogP contribution in [-0.4, -0.2) is 21.9 Å². The standard InChI is InChI=1S/C16H15F2N3OS/c1-9(10-3-4-11(17)12(18)7-10)21(2)8-14-19-13-5-6-23-15(13)16(22)20-14/h3-7,9H,8H2,1-2H3,(H,19,20,22)/t9-/m1/s1. The maximum atomic E-state index is 13.4. The Bertz CT molecular complexity index is 906. The van der Waals surface area contributed by atoms with Gasteiger partial charge in [0, 0.05) is 6.04 Å². The molecule has 0 saturated heterocycles. The van der Waals surface area contributed by atoms with E-state index in [-0.39, 0.29) is 11.6 Å². The number of thiophene rings is 1. The molecule has 0 fully saturated rings. The molecule has 1 atom stereocenters. The third-order valence-corrected chi connectivity index (χ3v) is 4.75. The molecular formula is C16H15F2N3OS. The van der Waals surface area contributed by atoms with Crippen LogP contribution in [-0.2, 0) is 6.54 Å². The Balaban J connectivity index is 1.82. The lowest BCUT2D eigenvalue weighted by atomic mass is 10.1. The van der Waals surface area contributed by atoms with Gasteiger partial charge in [-0.3, -0.25) is 9.69 Å². The van der Waals surface area contributed by atoms with Crippen LogP contribution in [0.3, 0.4) is 0 Å². The van der Waals surface area contributed by atoms with Crippen molar-refractivity contribution in [3.05, 3.63) is 63.0 Å². The fraction of sp³-hybridized carbons (Fsp3) is 0.250. The molecule has 0 bridgehead atoms. The second-order valence-electron chi connectivity index (χ2n) is 5.41. The number of nitrogens with one attached hydrogen (secondary N) is 1. The first-order valence-corrected chi connectivity index (χ1v) is 7.95. The zero-order valence-electron chi connectivity index (χ0n) is 12.6. The maximum Gasteiger partial charge on any atom is 0.268 e. The van der Waals surface area contributed by atoms with E-state index in [1.165, 1.54) is 17.4 Å². The normalized spacial score (nSPS) is 12.9. The quantitative estimate of drug-likeness (QED) is 0.794. The van der Waals surface area contributed by atoms with Gasteiger partial charge in [0.1, 0.15) is 10.5 Å². The molecule has 0 aliphatic heterocycles. The number of benzene rings is 1. The summed E-state index contributed by atoms with van der Waals surface area (Å²) in [6, 6.07) is 5.50. The maximum absolute atomic E-state index is 13.4. The largest absolute Gasteiger partial charge is 0.308 e. The van der Waals surface area contributed by atoms with E-state index >= 15 is 0 Å². The zero-order chi connectivity index (χ0) is 16.6. The lowest BCUT2D eigenvalue weighted by Gasteiger charge is -2.24. The van der Waals surface area contributed by atoms with Gasteiger partial charge >= 0.3 is 0 Å². The van der Waals surface area contributed by atoms with Crippen molar-refractivity contribution in [2.75, 3.05) is 7.05 Å². The molecule has 7 heteroatoms. The number of halogens is 2. The summed E-state index contributed by atoms with van der Waals surface area (Å²) in [5.74, 6) is -1.19. The van der Waals surface area contributed by atoms with E-state index in [0.29, 0.717) is 28.1 Å². The number of fused-ring (bicyclic) bond motifs is 1. The van der Waals surface area contributed by atoms with Gasteiger partial charge in [-0.25, -0.2) is 13.8 Å². The summed E-state index contributed by atoms with van der Waals surface area (Å²) >= 11 is 1.35. The van der Waals surface area contributed by atoms with Gasteiger partial charge in [0.25, 0.3) is 5.56 Å². The molecule has 0 saturated carbocycles. The van der Waals surface area contributed by atoms with Crippen molar-refractivity contribution in [3.63, 3.8) is 0 Å². The summed E-state index contributed by atoms with van der Waals surface area (Å²) < 4.78 is 27.0. The molecule has 0 aliphatic carbocycles. The molecule has 2 aromatic heterocycles.